The molecule has 4 nitrogen and oxygen atoms in total. The summed E-state index contributed by atoms with van der Waals surface area (Å²) in [6.07, 6.45) is 0. The Labute approximate surface area is 129 Å². The normalized spacial score (nSPS) is 12.0. The van der Waals surface area contributed by atoms with Crippen molar-refractivity contribution in [1.82, 2.24) is 5.32 Å². The Hall–Kier alpha value is -1.85. The highest BCUT2D eigenvalue weighted by Gasteiger charge is 2.08. The average molecular weight is 304 g/mol. The third-order valence-electron chi connectivity index (χ3n) is 3.23. The molecule has 2 N–H and O–H groups in total. The fraction of sp³-hybridized carbons (Fsp3) is 0.312. The van der Waals surface area contributed by atoms with Crippen LogP contribution < -0.4 is 15.4 Å². The number of hydrogen-bond donors (Lipinski definition) is 2. The zero-order valence-corrected chi connectivity index (χ0v) is 13.3. The van der Waals surface area contributed by atoms with Gasteiger partial charge in [0.15, 0.2) is 0 Å². The molecule has 1 aromatic heterocycles. The van der Waals surface area contributed by atoms with Crippen LogP contribution in [0.2, 0.25) is 0 Å². The van der Waals surface area contributed by atoms with E-state index in [0.717, 1.165) is 12.1 Å². The molecule has 21 heavy (non-hydrogen) atoms. The summed E-state index contributed by atoms with van der Waals surface area (Å²) in [7, 11) is 1.59. The van der Waals surface area contributed by atoms with E-state index >= 15 is 0 Å². The molecule has 1 atom stereocenters. The fourth-order valence-corrected chi connectivity index (χ4v) is 2.82. The Morgan fingerprint density at radius 2 is 2.19 bits per heavy atom. The number of amides is 1. The average Bonchev–Trinajstić information content (AvgIpc) is 2.98. The molecule has 5 heteroatoms. The minimum Gasteiger partial charge on any atom is -0.495 e. The second kappa shape index (κ2) is 7.24. The molecule has 1 amide bonds. The van der Waals surface area contributed by atoms with Gasteiger partial charge in [0.2, 0.25) is 5.91 Å². The zero-order valence-electron chi connectivity index (χ0n) is 12.5. The lowest BCUT2D eigenvalue weighted by Gasteiger charge is -2.14. The summed E-state index contributed by atoms with van der Waals surface area (Å²) in [5.74, 6) is 0.560. The van der Waals surface area contributed by atoms with Gasteiger partial charge in [0.25, 0.3) is 0 Å². The molecule has 0 saturated heterocycles. The van der Waals surface area contributed by atoms with Crippen molar-refractivity contribution < 1.29 is 9.53 Å². The molecule has 0 saturated carbocycles. The first-order valence-corrected chi connectivity index (χ1v) is 7.74. The lowest BCUT2D eigenvalue weighted by Crippen LogP contribution is -2.17. The van der Waals surface area contributed by atoms with E-state index in [0.29, 0.717) is 17.5 Å². The van der Waals surface area contributed by atoms with Crippen molar-refractivity contribution in [3.8, 4) is 5.75 Å². The molecule has 2 rings (SSSR count). The predicted octanol–water partition coefficient (Wildman–Crippen LogP) is 3.57. The maximum atomic E-state index is 11.2. The predicted molar refractivity (Wildman–Crippen MR) is 86.9 cm³/mol. The van der Waals surface area contributed by atoms with Crippen LogP contribution in [0.25, 0.3) is 0 Å². The van der Waals surface area contributed by atoms with Crippen LogP contribution in [-0.2, 0) is 11.3 Å². The highest BCUT2D eigenvalue weighted by atomic mass is 32.1. The molecule has 1 aromatic carbocycles. The molecule has 0 bridgehead atoms. The van der Waals surface area contributed by atoms with Gasteiger partial charge in [-0.05, 0) is 47.0 Å². The number of ether oxygens (including phenoxy) is 1. The maximum absolute atomic E-state index is 11.2. The molecule has 2 aromatic rings. The third kappa shape index (κ3) is 4.31. The molecule has 0 spiro atoms. The highest BCUT2D eigenvalue weighted by molar-refractivity contribution is 7.07. The van der Waals surface area contributed by atoms with E-state index in [1.807, 2.05) is 18.2 Å². The second-order valence-corrected chi connectivity index (χ2v) is 5.66. The molecule has 112 valence electrons. The van der Waals surface area contributed by atoms with Gasteiger partial charge in [0.05, 0.1) is 12.8 Å². The van der Waals surface area contributed by atoms with Crippen LogP contribution in [0, 0.1) is 0 Å². The number of carbonyl (C=O) groups excluding carboxylic acids is 1. The molecular formula is C16H20N2O2S. The molecule has 0 aliphatic carbocycles. The largest absolute Gasteiger partial charge is 0.495 e. The van der Waals surface area contributed by atoms with Crippen molar-refractivity contribution >= 4 is 22.9 Å². The van der Waals surface area contributed by atoms with Gasteiger partial charge in [0.1, 0.15) is 5.75 Å². The van der Waals surface area contributed by atoms with Gasteiger partial charge in [-0.15, -0.1) is 0 Å². The first-order valence-electron chi connectivity index (χ1n) is 6.80. The lowest BCUT2D eigenvalue weighted by molar-refractivity contribution is -0.114. The van der Waals surface area contributed by atoms with Crippen LogP contribution in [-0.4, -0.2) is 13.0 Å². The van der Waals surface area contributed by atoms with E-state index in [1.165, 1.54) is 12.5 Å². The summed E-state index contributed by atoms with van der Waals surface area (Å²) in [5, 5.41) is 10.5. The van der Waals surface area contributed by atoms with E-state index in [1.54, 1.807) is 18.4 Å². The van der Waals surface area contributed by atoms with Gasteiger partial charge < -0.3 is 15.4 Å². The van der Waals surface area contributed by atoms with E-state index < -0.39 is 0 Å². The van der Waals surface area contributed by atoms with Crippen LogP contribution in [0.3, 0.4) is 0 Å². The SMILES string of the molecule is COc1ccc(CN[C@@H](C)c2ccsc2)cc1NC(C)=O. The third-order valence-corrected chi connectivity index (χ3v) is 3.93. The first-order chi connectivity index (χ1) is 10.1. The van der Waals surface area contributed by atoms with Gasteiger partial charge in [-0.3, -0.25) is 4.79 Å². The van der Waals surface area contributed by atoms with Crippen molar-refractivity contribution in [3.63, 3.8) is 0 Å². The Bertz CT molecular complexity index is 596. The van der Waals surface area contributed by atoms with Crippen LogP contribution in [0.5, 0.6) is 5.75 Å². The molecule has 0 aliphatic heterocycles. The number of rotatable bonds is 6. The number of hydrogen-bond acceptors (Lipinski definition) is 4. The number of methoxy groups -OCH3 is 1. The van der Waals surface area contributed by atoms with E-state index in [4.69, 9.17) is 4.74 Å². The topological polar surface area (TPSA) is 50.4 Å². The summed E-state index contributed by atoms with van der Waals surface area (Å²) in [6, 6.07) is 8.23. The minimum atomic E-state index is -0.106. The van der Waals surface area contributed by atoms with Crippen molar-refractivity contribution in [2.24, 2.45) is 0 Å². The first kappa shape index (κ1) is 15.5. The number of carbonyl (C=O) groups is 1. The highest BCUT2D eigenvalue weighted by Crippen LogP contribution is 2.26. The molecule has 1 heterocycles. The number of nitrogens with one attached hydrogen (secondary N) is 2. The number of thiophene rings is 1. The quantitative estimate of drug-likeness (QED) is 0.858. The van der Waals surface area contributed by atoms with Gasteiger partial charge in [-0.25, -0.2) is 0 Å². The van der Waals surface area contributed by atoms with Gasteiger partial charge in [-0.2, -0.15) is 11.3 Å². The van der Waals surface area contributed by atoms with E-state index in [9.17, 15) is 4.79 Å². The fourth-order valence-electron chi connectivity index (χ4n) is 2.06. The Kier molecular flexibility index (Phi) is 5.36. The molecular weight excluding hydrogens is 284 g/mol. The van der Waals surface area contributed by atoms with Crippen LogP contribution >= 0.6 is 11.3 Å². The molecule has 0 aliphatic rings. The van der Waals surface area contributed by atoms with Gasteiger partial charge >= 0.3 is 0 Å². The minimum absolute atomic E-state index is 0.106. The summed E-state index contributed by atoms with van der Waals surface area (Å²) < 4.78 is 5.25. The maximum Gasteiger partial charge on any atom is 0.221 e. The summed E-state index contributed by atoms with van der Waals surface area (Å²) >= 11 is 1.70. The number of anilines is 1. The summed E-state index contributed by atoms with van der Waals surface area (Å²) in [6.45, 7) is 4.36. The second-order valence-electron chi connectivity index (χ2n) is 4.88. The zero-order chi connectivity index (χ0) is 15.2. The van der Waals surface area contributed by atoms with Crippen molar-refractivity contribution in [2.75, 3.05) is 12.4 Å². The summed E-state index contributed by atoms with van der Waals surface area (Å²) in [4.78, 5) is 11.2. The Morgan fingerprint density at radius 1 is 1.38 bits per heavy atom. The number of benzene rings is 1. The smallest absolute Gasteiger partial charge is 0.221 e. The van der Waals surface area contributed by atoms with Gasteiger partial charge in [-0.1, -0.05) is 6.07 Å². The standard InChI is InChI=1S/C16H20N2O2S/c1-11(14-6-7-21-10-14)17-9-13-4-5-16(20-3)15(8-13)18-12(2)19/h4-8,10-11,17H,9H2,1-3H3,(H,18,19)/t11-/m0/s1. The molecule has 0 radical (unpaired) electrons. The Balaban J connectivity index is 2.04. The summed E-state index contributed by atoms with van der Waals surface area (Å²) in [5.41, 5.74) is 3.09. The lowest BCUT2D eigenvalue weighted by atomic mass is 10.1. The molecule has 0 fully saturated rings. The Morgan fingerprint density at radius 3 is 2.81 bits per heavy atom. The van der Waals surface area contributed by atoms with Crippen molar-refractivity contribution in [3.05, 3.63) is 46.2 Å². The van der Waals surface area contributed by atoms with Crippen molar-refractivity contribution in [2.45, 2.75) is 26.4 Å². The van der Waals surface area contributed by atoms with Crippen LogP contribution in [0.15, 0.2) is 35.0 Å². The molecule has 0 unspecified atom stereocenters. The van der Waals surface area contributed by atoms with Gasteiger partial charge in [0, 0.05) is 19.5 Å². The van der Waals surface area contributed by atoms with E-state index in [2.05, 4.69) is 34.4 Å². The van der Waals surface area contributed by atoms with Crippen molar-refractivity contribution in [1.29, 1.82) is 0 Å². The van der Waals surface area contributed by atoms with Crippen LogP contribution in [0.1, 0.15) is 31.0 Å². The van der Waals surface area contributed by atoms with E-state index in [-0.39, 0.29) is 5.91 Å². The monoisotopic (exact) mass is 304 g/mol. The van der Waals surface area contributed by atoms with Crippen LogP contribution in [0.4, 0.5) is 5.69 Å².